The number of rotatable bonds is 5. The predicted octanol–water partition coefficient (Wildman–Crippen LogP) is 2.37. The smallest absolute Gasteiger partial charge is 0.269 e. The average Bonchev–Trinajstić information content (AvgIpc) is 2.38. The van der Waals surface area contributed by atoms with Crippen molar-refractivity contribution in [1.82, 2.24) is 4.90 Å². The first-order valence-corrected chi connectivity index (χ1v) is 5.86. The first kappa shape index (κ1) is 17.6. The lowest BCUT2D eigenvalue weighted by atomic mass is 10.2. The van der Waals surface area contributed by atoms with Crippen LogP contribution in [-0.4, -0.2) is 28.9 Å². The molecular weight excluding hydrogens is 359 g/mol. The maximum absolute atomic E-state index is 10.6. The van der Waals surface area contributed by atoms with E-state index in [1.165, 1.54) is 12.1 Å². The van der Waals surface area contributed by atoms with Crippen molar-refractivity contribution in [2.75, 3.05) is 13.1 Å². The Morgan fingerprint density at radius 2 is 2.05 bits per heavy atom. The van der Waals surface area contributed by atoms with Crippen LogP contribution in [0.1, 0.15) is 19.4 Å². The maximum atomic E-state index is 10.6. The first-order chi connectivity index (χ1) is 8.58. The van der Waals surface area contributed by atoms with Gasteiger partial charge in [-0.1, -0.05) is 12.1 Å². The maximum Gasteiger partial charge on any atom is 0.269 e. The highest BCUT2D eigenvalue weighted by atomic mass is 127. The molecule has 0 unspecified atom stereocenters. The van der Waals surface area contributed by atoms with Crippen LogP contribution in [0.5, 0.6) is 0 Å². The van der Waals surface area contributed by atoms with E-state index >= 15 is 0 Å². The summed E-state index contributed by atoms with van der Waals surface area (Å²) < 4.78 is 0. The zero-order valence-corrected chi connectivity index (χ0v) is 13.4. The number of benzene rings is 1. The van der Waals surface area contributed by atoms with Crippen LogP contribution < -0.4 is 5.73 Å². The minimum atomic E-state index is -0.416. The molecule has 0 saturated heterocycles. The van der Waals surface area contributed by atoms with Crippen LogP contribution in [0.4, 0.5) is 5.69 Å². The molecule has 0 spiro atoms. The summed E-state index contributed by atoms with van der Waals surface area (Å²) in [5.41, 5.74) is 6.68. The highest BCUT2D eigenvalue weighted by Gasteiger charge is 2.06. The van der Waals surface area contributed by atoms with Crippen LogP contribution in [0.2, 0.25) is 0 Å². The highest BCUT2D eigenvalue weighted by Crippen LogP contribution is 2.13. The summed E-state index contributed by atoms with van der Waals surface area (Å²) in [6.45, 7) is 5.93. The van der Waals surface area contributed by atoms with Gasteiger partial charge in [0.05, 0.1) is 11.5 Å². The molecule has 0 bridgehead atoms. The van der Waals surface area contributed by atoms with E-state index in [0.717, 1.165) is 18.7 Å². The molecule has 1 aromatic carbocycles. The number of hydrogen-bond acceptors (Lipinski definition) is 3. The SMILES string of the molecule is CCN(CC)C(N)=NCc1cccc([N+](=O)[O-])c1.I. The van der Waals surface area contributed by atoms with Crippen molar-refractivity contribution in [3.05, 3.63) is 39.9 Å². The summed E-state index contributed by atoms with van der Waals surface area (Å²) in [4.78, 5) is 16.4. The number of nitrogens with two attached hydrogens (primary N) is 1. The van der Waals surface area contributed by atoms with Crippen molar-refractivity contribution in [1.29, 1.82) is 0 Å². The van der Waals surface area contributed by atoms with Gasteiger partial charge in [-0.15, -0.1) is 24.0 Å². The summed E-state index contributed by atoms with van der Waals surface area (Å²) in [6.07, 6.45) is 0. The van der Waals surface area contributed by atoms with Crippen LogP contribution in [0.3, 0.4) is 0 Å². The number of halogens is 1. The third-order valence-electron chi connectivity index (χ3n) is 2.63. The Balaban J connectivity index is 0.00000324. The zero-order chi connectivity index (χ0) is 13.5. The Hall–Kier alpha value is -1.38. The molecular formula is C12H19IN4O2. The lowest BCUT2D eigenvalue weighted by Crippen LogP contribution is -2.37. The monoisotopic (exact) mass is 378 g/mol. The normalized spacial score (nSPS) is 10.7. The lowest BCUT2D eigenvalue weighted by molar-refractivity contribution is -0.384. The Kier molecular flexibility index (Phi) is 8.05. The second-order valence-corrected chi connectivity index (χ2v) is 3.77. The fourth-order valence-corrected chi connectivity index (χ4v) is 1.59. The second-order valence-electron chi connectivity index (χ2n) is 3.77. The molecule has 0 fully saturated rings. The van der Waals surface area contributed by atoms with Crippen LogP contribution in [0.25, 0.3) is 0 Å². The zero-order valence-electron chi connectivity index (χ0n) is 11.1. The second kappa shape index (κ2) is 8.68. The number of non-ortho nitro benzene ring substituents is 1. The number of aliphatic imine (C=N–C) groups is 1. The Morgan fingerprint density at radius 3 is 2.58 bits per heavy atom. The average molecular weight is 378 g/mol. The summed E-state index contributed by atoms with van der Waals surface area (Å²) in [6, 6.07) is 6.42. The molecule has 1 rings (SSSR count). The van der Waals surface area contributed by atoms with Crippen molar-refractivity contribution in [2.45, 2.75) is 20.4 Å². The number of hydrogen-bond donors (Lipinski definition) is 1. The Bertz CT molecular complexity index is 447. The lowest BCUT2D eigenvalue weighted by Gasteiger charge is -2.19. The van der Waals surface area contributed by atoms with Crippen LogP contribution in [0.15, 0.2) is 29.3 Å². The van der Waals surface area contributed by atoms with Gasteiger partial charge >= 0.3 is 0 Å². The molecule has 19 heavy (non-hydrogen) atoms. The van der Waals surface area contributed by atoms with Gasteiger partial charge in [0, 0.05) is 25.2 Å². The number of nitrogens with zero attached hydrogens (tertiary/aromatic N) is 3. The van der Waals surface area contributed by atoms with E-state index < -0.39 is 4.92 Å². The molecule has 0 aromatic heterocycles. The number of guanidine groups is 1. The van der Waals surface area contributed by atoms with Gasteiger partial charge in [0.15, 0.2) is 5.96 Å². The van der Waals surface area contributed by atoms with Crippen molar-refractivity contribution < 1.29 is 4.92 Å². The van der Waals surface area contributed by atoms with Crippen molar-refractivity contribution in [3.63, 3.8) is 0 Å². The fourth-order valence-electron chi connectivity index (χ4n) is 1.59. The summed E-state index contributed by atoms with van der Waals surface area (Å²) in [5.74, 6) is 0.464. The first-order valence-electron chi connectivity index (χ1n) is 5.86. The van der Waals surface area contributed by atoms with Gasteiger partial charge in [-0.05, 0) is 19.4 Å². The largest absolute Gasteiger partial charge is 0.370 e. The topological polar surface area (TPSA) is 84.8 Å². The van der Waals surface area contributed by atoms with Crippen molar-refractivity contribution >= 4 is 35.6 Å². The molecule has 0 atom stereocenters. The quantitative estimate of drug-likeness (QED) is 0.280. The van der Waals surface area contributed by atoms with E-state index in [-0.39, 0.29) is 29.7 Å². The molecule has 7 heteroatoms. The van der Waals surface area contributed by atoms with Gasteiger partial charge in [-0.2, -0.15) is 0 Å². The minimum Gasteiger partial charge on any atom is -0.370 e. The molecule has 106 valence electrons. The third kappa shape index (κ3) is 5.41. The number of nitro groups is 1. The van der Waals surface area contributed by atoms with Crippen molar-refractivity contribution in [3.8, 4) is 0 Å². The Morgan fingerprint density at radius 1 is 1.42 bits per heavy atom. The molecule has 2 N–H and O–H groups in total. The van der Waals surface area contributed by atoms with E-state index in [0.29, 0.717) is 12.5 Å². The molecule has 6 nitrogen and oxygen atoms in total. The van der Waals surface area contributed by atoms with E-state index in [4.69, 9.17) is 5.73 Å². The summed E-state index contributed by atoms with van der Waals surface area (Å²) >= 11 is 0. The summed E-state index contributed by atoms with van der Waals surface area (Å²) in [5, 5.41) is 10.6. The van der Waals surface area contributed by atoms with Gasteiger partial charge in [0.25, 0.3) is 5.69 Å². The standard InChI is InChI=1S/C12H18N4O2.HI/c1-3-15(4-2)12(13)14-9-10-6-5-7-11(8-10)16(17)18;/h5-8H,3-4,9H2,1-2H3,(H2,13,14);1H. The molecule has 1 aromatic rings. The van der Waals surface area contributed by atoms with E-state index in [1.807, 2.05) is 18.7 Å². The van der Waals surface area contributed by atoms with Gasteiger partial charge in [-0.25, -0.2) is 4.99 Å². The van der Waals surface area contributed by atoms with Gasteiger partial charge < -0.3 is 10.6 Å². The van der Waals surface area contributed by atoms with Crippen LogP contribution >= 0.6 is 24.0 Å². The third-order valence-corrected chi connectivity index (χ3v) is 2.63. The van der Waals surface area contributed by atoms with Gasteiger partial charge in [0.2, 0.25) is 0 Å². The molecule has 0 radical (unpaired) electrons. The van der Waals surface area contributed by atoms with E-state index in [2.05, 4.69) is 4.99 Å². The predicted molar refractivity (Wildman–Crippen MR) is 86.8 cm³/mol. The minimum absolute atomic E-state index is 0. The van der Waals surface area contributed by atoms with Gasteiger partial charge in [0.1, 0.15) is 0 Å². The fraction of sp³-hybridized carbons (Fsp3) is 0.417. The molecule has 0 aliphatic carbocycles. The van der Waals surface area contributed by atoms with Crippen LogP contribution in [0, 0.1) is 10.1 Å². The summed E-state index contributed by atoms with van der Waals surface area (Å²) in [7, 11) is 0. The molecule has 0 heterocycles. The molecule has 0 amide bonds. The molecule has 0 aliphatic heterocycles. The van der Waals surface area contributed by atoms with Crippen LogP contribution in [-0.2, 0) is 6.54 Å². The molecule has 0 aliphatic rings. The van der Waals surface area contributed by atoms with E-state index in [1.54, 1.807) is 12.1 Å². The van der Waals surface area contributed by atoms with E-state index in [9.17, 15) is 10.1 Å². The number of nitro benzene ring substituents is 1. The van der Waals surface area contributed by atoms with Gasteiger partial charge in [-0.3, -0.25) is 10.1 Å². The van der Waals surface area contributed by atoms with Crippen molar-refractivity contribution in [2.24, 2.45) is 10.7 Å². The molecule has 0 saturated carbocycles. The Labute approximate surface area is 129 Å². The highest BCUT2D eigenvalue weighted by molar-refractivity contribution is 14.0.